The number of alkyl halides is 1. The van der Waals surface area contributed by atoms with Crippen LogP contribution in [0.3, 0.4) is 0 Å². The molecule has 2 aromatic rings. The number of hydrogen-bond donors (Lipinski definition) is 1. The highest BCUT2D eigenvalue weighted by Gasteiger charge is 2.76. The summed E-state index contributed by atoms with van der Waals surface area (Å²) in [5.41, 5.74) is 1.75. The molecule has 3 saturated heterocycles. The Balaban J connectivity index is 1.61. The van der Waals surface area contributed by atoms with Crippen molar-refractivity contribution in [2.24, 2.45) is 11.8 Å². The second kappa shape index (κ2) is 13.0. The molecule has 0 saturated carbocycles. The molecule has 1 N–H and O–H groups in total. The second-order valence-corrected chi connectivity index (χ2v) is 14.6. The number of likely N-dealkylation sites (tertiary alicyclic amines) is 1. The van der Waals surface area contributed by atoms with Crippen LogP contribution in [0, 0.1) is 11.8 Å². The SMILES string of the molecule is C=CCN(Cc1ccccc1)C(=O)[C@H]1[C@H]2C(=O)N([C@H](CO)c3ccccc3)C(C(=O)N(CC=C)C(C)C)C23CC(Br)[C@@H]1S3. The number of halogens is 1. The molecule has 3 heterocycles. The molecule has 9 heteroatoms. The van der Waals surface area contributed by atoms with Gasteiger partial charge in [-0.15, -0.1) is 24.9 Å². The van der Waals surface area contributed by atoms with E-state index in [9.17, 15) is 19.5 Å². The van der Waals surface area contributed by atoms with E-state index in [1.165, 1.54) is 0 Å². The molecule has 228 valence electrons. The first kappa shape index (κ1) is 31.5. The third-order valence-electron chi connectivity index (χ3n) is 9.05. The van der Waals surface area contributed by atoms with Crippen molar-refractivity contribution in [1.29, 1.82) is 0 Å². The maximum absolute atomic E-state index is 14.8. The number of aliphatic hydroxyl groups is 1. The molecule has 0 radical (unpaired) electrons. The van der Waals surface area contributed by atoms with Crippen LogP contribution >= 0.6 is 27.7 Å². The molecule has 1 spiro atoms. The fraction of sp³-hybridized carbons (Fsp3) is 0.441. The van der Waals surface area contributed by atoms with Gasteiger partial charge in [-0.05, 0) is 31.4 Å². The van der Waals surface area contributed by atoms with Crippen molar-refractivity contribution in [1.82, 2.24) is 14.7 Å². The minimum Gasteiger partial charge on any atom is -0.394 e. The van der Waals surface area contributed by atoms with E-state index in [4.69, 9.17) is 0 Å². The van der Waals surface area contributed by atoms with Gasteiger partial charge in [-0.3, -0.25) is 14.4 Å². The van der Waals surface area contributed by atoms with Gasteiger partial charge in [-0.1, -0.05) is 88.7 Å². The van der Waals surface area contributed by atoms with E-state index < -0.39 is 28.7 Å². The van der Waals surface area contributed by atoms with Crippen molar-refractivity contribution >= 4 is 45.4 Å². The van der Waals surface area contributed by atoms with Gasteiger partial charge in [0.1, 0.15) is 6.04 Å². The highest BCUT2D eigenvalue weighted by Crippen LogP contribution is 2.68. The lowest BCUT2D eigenvalue weighted by atomic mass is 9.70. The summed E-state index contributed by atoms with van der Waals surface area (Å²) in [5.74, 6) is -1.84. The van der Waals surface area contributed by atoms with Gasteiger partial charge >= 0.3 is 0 Å². The predicted molar refractivity (Wildman–Crippen MR) is 174 cm³/mol. The Hall–Kier alpha value is -2.88. The summed E-state index contributed by atoms with van der Waals surface area (Å²) in [5, 5.41) is 10.6. The molecule has 3 aliphatic rings. The lowest BCUT2D eigenvalue weighted by Gasteiger charge is -2.41. The molecular formula is C34H40BrN3O4S. The number of nitrogens with zero attached hydrogens (tertiary/aromatic N) is 3. The number of benzene rings is 2. The largest absolute Gasteiger partial charge is 0.394 e. The molecule has 7 nitrogen and oxygen atoms in total. The van der Waals surface area contributed by atoms with Gasteiger partial charge in [0, 0.05) is 35.8 Å². The Morgan fingerprint density at radius 3 is 2.28 bits per heavy atom. The molecule has 0 aromatic heterocycles. The van der Waals surface area contributed by atoms with Crippen LogP contribution in [0.25, 0.3) is 0 Å². The van der Waals surface area contributed by atoms with Gasteiger partial charge in [0.15, 0.2) is 0 Å². The van der Waals surface area contributed by atoms with Gasteiger partial charge in [0.2, 0.25) is 17.7 Å². The number of amides is 3. The van der Waals surface area contributed by atoms with Crippen LogP contribution < -0.4 is 0 Å². The van der Waals surface area contributed by atoms with Crippen molar-refractivity contribution < 1.29 is 19.5 Å². The highest BCUT2D eigenvalue weighted by molar-refractivity contribution is 9.09. The fourth-order valence-corrected chi connectivity index (χ4v) is 10.8. The molecule has 3 amide bonds. The van der Waals surface area contributed by atoms with Crippen LogP contribution in [0.1, 0.15) is 37.4 Å². The van der Waals surface area contributed by atoms with E-state index in [0.717, 1.165) is 11.1 Å². The molecule has 5 rings (SSSR count). The van der Waals surface area contributed by atoms with Crippen molar-refractivity contribution in [2.75, 3.05) is 19.7 Å². The summed E-state index contributed by atoms with van der Waals surface area (Å²) < 4.78 is -0.823. The quantitative estimate of drug-likeness (QED) is 0.260. The maximum atomic E-state index is 14.8. The number of hydrogen-bond acceptors (Lipinski definition) is 5. The summed E-state index contributed by atoms with van der Waals surface area (Å²) >= 11 is 5.48. The Morgan fingerprint density at radius 2 is 1.70 bits per heavy atom. The molecule has 3 aliphatic heterocycles. The smallest absolute Gasteiger partial charge is 0.247 e. The van der Waals surface area contributed by atoms with E-state index in [1.54, 1.807) is 38.6 Å². The molecule has 3 unspecified atom stereocenters. The van der Waals surface area contributed by atoms with E-state index in [1.807, 2.05) is 74.5 Å². The van der Waals surface area contributed by atoms with Crippen molar-refractivity contribution in [3.63, 3.8) is 0 Å². The molecule has 3 fully saturated rings. The van der Waals surface area contributed by atoms with Crippen LogP contribution in [0.2, 0.25) is 0 Å². The number of fused-ring (bicyclic) bond motifs is 1. The Labute approximate surface area is 267 Å². The maximum Gasteiger partial charge on any atom is 0.247 e. The molecule has 43 heavy (non-hydrogen) atoms. The standard InChI is InChI=1S/C34H40BrN3O4S/c1-5-17-36(20-23-13-9-7-10-14-23)31(40)27-28-32(41)38(26(21-39)24-15-11-8-12-16-24)30(33(42)37(18-6-2)22(3)4)34(28)19-25(35)29(27)43-34/h5-16,22,25-30,39H,1-2,17-21H2,3-4H3/t25?,26-,27+,28+,29+,30?,34?/m1/s1. The average Bonchev–Trinajstić information content (AvgIpc) is 3.60. The minimum atomic E-state index is -0.848. The topological polar surface area (TPSA) is 81.2 Å². The summed E-state index contributed by atoms with van der Waals surface area (Å²) in [6.07, 6.45) is 3.98. The number of carbonyl (C=O) groups is 3. The van der Waals surface area contributed by atoms with E-state index in [-0.39, 0.29) is 40.4 Å². The summed E-state index contributed by atoms with van der Waals surface area (Å²) in [4.78, 5) is 49.0. The second-order valence-electron chi connectivity index (χ2n) is 11.9. The van der Waals surface area contributed by atoms with Crippen LogP contribution in [-0.2, 0) is 20.9 Å². The third kappa shape index (κ3) is 5.49. The molecule has 0 aliphatic carbocycles. The number of rotatable bonds is 12. The van der Waals surface area contributed by atoms with Crippen molar-refractivity contribution in [3.8, 4) is 0 Å². The Bertz CT molecular complexity index is 1360. The fourth-order valence-electron chi connectivity index (χ4n) is 7.25. The van der Waals surface area contributed by atoms with Crippen LogP contribution in [-0.4, -0.2) is 84.1 Å². The normalized spacial score (nSPS) is 28.1. The molecular weight excluding hydrogens is 626 g/mol. The zero-order chi connectivity index (χ0) is 30.9. The van der Waals surface area contributed by atoms with Crippen molar-refractivity contribution in [3.05, 3.63) is 97.1 Å². The zero-order valence-electron chi connectivity index (χ0n) is 24.7. The van der Waals surface area contributed by atoms with Gasteiger partial charge in [0.25, 0.3) is 0 Å². The lowest BCUT2D eigenvalue weighted by Crippen LogP contribution is -2.57. The van der Waals surface area contributed by atoms with Gasteiger partial charge in [0.05, 0.1) is 29.2 Å². The van der Waals surface area contributed by atoms with E-state index >= 15 is 0 Å². The first-order valence-corrected chi connectivity index (χ1v) is 16.6. The van der Waals surface area contributed by atoms with Gasteiger partial charge in [-0.25, -0.2) is 0 Å². The summed E-state index contributed by atoms with van der Waals surface area (Å²) in [7, 11) is 0. The molecule has 2 aromatic carbocycles. The van der Waals surface area contributed by atoms with E-state index in [0.29, 0.717) is 26.1 Å². The minimum absolute atomic E-state index is 0.0516. The summed E-state index contributed by atoms with van der Waals surface area (Å²) in [6.45, 7) is 12.4. The zero-order valence-corrected chi connectivity index (χ0v) is 27.1. The van der Waals surface area contributed by atoms with Crippen molar-refractivity contribution in [2.45, 2.75) is 59.8 Å². The van der Waals surface area contributed by atoms with Crippen LogP contribution in [0.4, 0.5) is 0 Å². The highest BCUT2D eigenvalue weighted by atomic mass is 79.9. The number of carbonyl (C=O) groups excluding carboxylic acids is 3. The molecule has 7 atom stereocenters. The number of thioether (sulfide) groups is 1. The lowest BCUT2D eigenvalue weighted by molar-refractivity contribution is -0.147. The van der Waals surface area contributed by atoms with E-state index in [2.05, 4.69) is 29.1 Å². The first-order chi connectivity index (χ1) is 20.7. The third-order valence-corrected chi connectivity index (χ3v) is 12.3. The van der Waals surface area contributed by atoms with Crippen LogP contribution in [0.15, 0.2) is 86.0 Å². The first-order valence-electron chi connectivity index (χ1n) is 14.8. The molecule has 2 bridgehead atoms. The average molecular weight is 667 g/mol. The predicted octanol–water partition coefficient (Wildman–Crippen LogP) is 4.82. The van der Waals surface area contributed by atoms with Gasteiger partial charge in [-0.2, -0.15) is 0 Å². The summed E-state index contributed by atoms with van der Waals surface area (Å²) in [6, 6.07) is 17.5. The monoisotopic (exact) mass is 665 g/mol. The Kier molecular flexibility index (Phi) is 9.54. The van der Waals surface area contributed by atoms with Gasteiger partial charge < -0.3 is 19.8 Å². The van der Waals surface area contributed by atoms with Crippen LogP contribution in [0.5, 0.6) is 0 Å². The number of aliphatic hydroxyl groups excluding tert-OH is 1. The Morgan fingerprint density at radius 1 is 1.07 bits per heavy atom.